The first kappa shape index (κ1) is 14.0. The first-order valence-corrected chi connectivity index (χ1v) is 6.98. The Labute approximate surface area is 116 Å². The molecule has 1 aromatic heterocycles. The van der Waals surface area contributed by atoms with Crippen molar-refractivity contribution in [1.82, 2.24) is 15.0 Å². The van der Waals surface area contributed by atoms with Gasteiger partial charge in [-0.1, -0.05) is 35.5 Å². The Morgan fingerprint density at radius 3 is 2.95 bits per heavy atom. The highest BCUT2D eigenvalue weighted by molar-refractivity contribution is 7.05. The van der Waals surface area contributed by atoms with E-state index in [4.69, 9.17) is 5.84 Å². The highest BCUT2D eigenvalue weighted by Gasteiger charge is 2.22. The molecule has 3 N–H and O–H groups in total. The summed E-state index contributed by atoms with van der Waals surface area (Å²) < 4.78 is 17.9. The number of benzene rings is 1. The number of hydrogen-bond donors (Lipinski definition) is 2. The fraction of sp³-hybridized carbons (Fsp3) is 0.385. The second-order valence-corrected chi connectivity index (χ2v) is 5.24. The Bertz CT molecular complexity index is 555. The Kier molecular flexibility index (Phi) is 4.57. The van der Waals surface area contributed by atoms with Crippen LogP contribution in [0.15, 0.2) is 18.2 Å². The zero-order valence-electron chi connectivity index (χ0n) is 11.0. The summed E-state index contributed by atoms with van der Waals surface area (Å²) >= 11 is 1.26. The summed E-state index contributed by atoms with van der Waals surface area (Å²) in [6, 6.07) is 4.60. The Balaban J connectivity index is 2.44. The van der Waals surface area contributed by atoms with Gasteiger partial charge in [-0.05, 0) is 30.9 Å². The van der Waals surface area contributed by atoms with Gasteiger partial charge in [0.15, 0.2) is 0 Å². The van der Waals surface area contributed by atoms with Crippen molar-refractivity contribution in [1.29, 1.82) is 0 Å². The molecule has 4 nitrogen and oxygen atoms in total. The molecule has 19 heavy (non-hydrogen) atoms. The van der Waals surface area contributed by atoms with Crippen LogP contribution in [-0.4, -0.2) is 9.59 Å². The number of aryl methyl sites for hydroxylation is 2. The van der Waals surface area contributed by atoms with Crippen LogP contribution in [0.1, 0.15) is 41.1 Å². The second-order valence-electron chi connectivity index (χ2n) is 4.46. The lowest BCUT2D eigenvalue weighted by Gasteiger charge is -2.16. The van der Waals surface area contributed by atoms with Crippen LogP contribution in [0.4, 0.5) is 4.39 Å². The lowest BCUT2D eigenvalue weighted by molar-refractivity contribution is 0.560. The van der Waals surface area contributed by atoms with Crippen LogP contribution < -0.4 is 11.3 Å². The molecule has 0 aliphatic carbocycles. The summed E-state index contributed by atoms with van der Waals surface area (Å²) in [6.45, 7) is 4.00. The first-order chi connectivity index (χ1) is 9.17. The molecule has 0 aliphatic rings. The molecule has 0 radical (unpaired) electrons. The van der Waals surface area contributed by atoms with E-state index < -0.39 is 6.04 Å². The molecule has 0 aliphatic heterocycles. The Morgan fingerprint density at radius 1 is 1.47 bits per heavy atom. The number of nitrogens with zero attached hydrogens (tertiary/aromatic N) is 2. The van der Waals surface area contributed by atoms with E-state index >= 15 is 0 Å². The van der Waals surface area contributed by atoms with Crippen LogP contribution in [0.3, 0.4) is 0 Å². The van der Waals surface area contributed by atoms with Gasteiger partial charge in [0.05, 0.1) is 16.6 Å². The molecular weight excluding hydrogens is 263 g/mol. The minimum Gasteiger partial charge on any atom is -0.271 e. The molecule has 1 heterocycles. The molecule has 1 atom stereocenters. The summed E-state index contributed by atoms with van der Waals surface area (Å²) in [4.78, 5) is 0.883. The quantitative estimate of drug-likeness (QED) is 0.652. The molecule has 0 saturated carbocycles. The zero-order chi connectivity index (χ0) is 13.8. The first-order valence-electron chi connectivity index (χ1n) is 6.20. The van der Waals surface area contributed by atoms with Crippen LogP contribution in [0.25, 0.3) is 0 Å². The van der Waals surface area contributed by atoms with Gasteiger partial charge < -0.3 is 0 Å². The lowest BCUT2D eigenvalue weighted by Crippen LogP contribution is -2.29. The van der Waals surface area contributed by atoms with Crippen molar-refractivity contribution in [2.75, 3.05) is 0 Å². The fourth-order valence-corrected chi connectivity index (χ4v) is 2.81. The monoisotopic (exact) mass is 280 g/mol. The van der Waals surface area contributed by atoms with E-state index in [0.29, 0.717) is 5.56 Å². The minimum atomic E-state index is -0.401. The summed E-state index contributed by atoms with van der Waals surface area (Å²) in [5, 5.41) is 4.10. The van der Waals surface area contributed by atoms with Gasteiger partial charge in [-0.3, -0.25) is 5.84 Å². The van der Waals surface area contributed by atoms with Crippen molar-refractivity contribution in [3.05, 3.63) is 45.7 Å². The number of rotatable bonds is 5. The molecular formula is C13H17FN4S. The molecule has 1 unspecified atom stereocenters. The van der Waals surface area contributed by atoms with Crippen molar-refractivity contribution >= 4 is 11.5 Å². The van der Waals surface area contributed by atoms with Gasteiger partial charge in [0.25, 0.3) is 0 Å². The number of halogens is 1. The van der Waals surface area contributed by atoms with E-state index in [0.717, 1.165) is 29.0 Å². The van der Waals surface area contributed by atoms with Crippen LogP contribution in [0.5, 0.6) is 0 Å². The van der Waals surface area contributed by atoms with Gasteiger partial charge >= 0.3 is 0 Å². The maximum absolute atomic E-state index is 14.0. The number of nitrogens with two attached hydrogens (primary N) is 1. The van der Waals surface area contributed by atoms with E-state index in [1.165, 1.54) is 17.6 Å². The maximum Gasteiger partial charge on any atom is 0.128 e. The highest BCUT2D eigenvalue weighted by atomic mass is 32.1. The Morgan fingerprint density at radius 2 is 2.26 bits per heavy atom. The minimum absolute atomic E-state index is 0.274. The molecule has 102 valence electrons. The van der Waals surface area contributed by atoms with Crippen molar-refractivity contribution in [2.45, 2.75) is 32.7 Å². The summed E-state index contributed by atoms with van der Waals surface area (Å²) in [6.07, 6.45) is 1.78. The largest absolute Gasteiger partial charge is 0.271 e. The predicted octanol–water partition coefficient (Wildman–Crippen LogP) is 2.49. The average Bonchev–Trinajstić information content (AvgIpc) is 2.83. The fourth-order valence-electron chi connectivity index (χ4n) is 2.04. The summed E-state index contributed by atoms with van der Waals surface area (Å²) in [5.41, 5.74) is 5.09. The van der Waals surface area contributed by atoms with Gasteiger partial charge in [0.1, 0.15) is 5.82 Å². The molecule has 1 aromatic carbocycles. The van der Waals surface area contributed by atoms with Crippen molar-refractivity contribution < 1.29 is 4.39 Å². The predicted molar refractivity (Wildman–Crippen MR) is 74.2 cm³/mol. The molecule has 2 rings (SSSR count). The summed E-state index contributed by atoms with van der Waals surface area (Å²) in [5.74, 6) is 5.34. The number of hydrazine groups is 1. The molecule has 0 saturated heterocycles. The lowest BCUT2D eigenvalue weighted by atomic mass is 10.0. The third-order valence-corrected chi connectivity index (χ3v) is 3.79. The number of aromatic nitrogens is 2. The SMILES string of the molecule is CCCc1nnsc1C(NN)c1cc(C)ccc1F. The van der Waals surface area contributed by atoms with Crippen LogP contribution >= 0.6 is 11.5 Å². The average molecular weight is 280 g/mol. The van der Waals surface area contributed by atoms with E-state index in [2.05, 4.69) is 21.9 Å². The van der Waals surface area contributed by atoms with Crippen molar-refractivity contribution in [3.8, 4) is 0 Å². The molecule has 0 fully saturated rings. The standard InChI is InChI=1S/C13H17FN4S/c1-3-4-11-13(19-18-17-11)12(16-15)9-7-8(2)5-6-10(9)14/h5-7,12,16H,3-4,15H2,1-2H3. The van der Waals surface area contributed by atoms with Crippen molar-refractivity contribution in [2.24, 2.45) is 5.84 Å². The van der Waals surface area contributed by atoms with Gasteiger partial charge in [-0.15, -0.1) is 5.10 Å². The molecule has 0 bridgehead atoms. The summed E-state index contributed by atoms with van der Waals surface area (Å²) in [7, 11) is 0. The van der Waals surface area contributed by atoms with Gasteiger partial charge in [0, 0.05) is 5.56 Å². The van der Waals surface area contributed by atoms with Gasteiger partial charge in [-0.25, -0.2) is 9.82 Å². The normalized spacial score (nSPS) is 12.6. The highest BCUT2D eigenvalue weighted by Crippen LogP contribution is 2.29. The topological polar surface area (TPSA) is 63.8 Å². The molecule has 0 amide bonds. The third kappa shape index (κ3) is 2.97. The van der Waals surface area contributed by atoms with Crippen LogP contribution in [-0.2, 0) is 6.42 Å². The molecule has 0 spiro atoms. The van der Waals surface area contributed by atoms with Crippen LogP contribution in [0.2, 0.25) is 0 Å². The number of hydrogen-bond acceptors (Lipinski definition) is 5. The maximum atomic E-state index is 14.0. The number of nitrogens with one attached hydrogen (secondary N) is 1. The van der Waals surface area contributed by atoms with E-state index in [-0.39, 0.29) is 5.82 Å². The Hall–Kier alpha value is -1.37. The van der Waals surface area contributed by atoms with E-state index in [9.17, 15) is 4.39 Å². The second kappa shape index (κ2) is 6.18. The third-order valence-electron chi connectivity index (χ3n) is 2.96. The molecule has 2 aromatic rings. The zero-order valence-corrected chi connectivity index (χ0v) is 11.8. The van der Waals surface area contributed by atoms with E-state index in [1.807, 2.05) is 6.92 Å². The molecule has 6 heteroatoms. The van der Waals surface area contributed by atoms with Gasteiger partial charge in [0.2, 0.25) is 0 Å². The van der Waals surface area contributed by atoms with Crippen LogP contribution in [0, 0.1) is 12.7 Å². The van der Waals surface area contributed by atoms with E-state index in [1.54, 1.807) is 12.1 Å². The van der Waals surface area contributed by atoms with Crippen molar-refractivity contribution in [3.63, 3.8) is 0 Å². The van der Waals surface area contributed by atoms with Gasteiger partial charge in [-0.2, -0.15) is 0 Å². The smallest absolute Gasteiger partial charge is 0.128 e.